The van der Waals surface area contributed by atoms with E-state index >= 15 is 0 Å². The Morgan fingerprint density at radius 3 is 2.50 bits per heavy atom. The number of pyridine rings is 1. The van der Waals surface area contributed by atoms with Gasteiger partial charge in [-0.15, -0.1) is 12.4 Å². The minimum atomic E-state index is -1.11. The van der Waals surface area contributed by atoms with Gasteiger partial charge >= 0.3 is 5.97 Å². The number of allylic oxidation sites excluding steroid dienone is 2. The molecule has 3 heterocycles. The van der Waals surface area contributed by atoms with Crippen molar-refractivity contribution in [3.8, 4) is 17.4 Å². The lowest BCUT2D eigenvalue weighted by atomic mass is 9.81. The third-order valence-electron chi connectivity index (χ3n) is 7.48. The monoisotopic (exact) mass is 689 g/mol. The third-order valence-corrected chi connectivity index (χ3v) is 8.21. The molecule has 1 aliphatic carbocycles. The Kier molecular flexibility index (Phi) is 12.3. The normalized spacial score (nSPS) is 18.4. The minimum absolute atomic E-state index is 0. The average molecular weight is 691 g/mol. The number of benzene rings is 2. The van der Waals surface area contributed by atoms with Gasteiger partial charge in [-0.05, 0) is 60.5 Å². The highest BCUT2D eigenvalue weighted by atomic mass is 35.5. The molecule has 14 heteroatoms. The Morgan fingerprint density at radius 1 is 1.07 bits per heavy atom. The number of hydrogen-bond donors (Lipinski definition) is 4. The van der Waals surface area contributed by atoms with Crippen LogP contribution in [0.5, 0.6) is 17.4 Å². The van der Waals surface area contributed by atoms with Gasteiger partial charge in [0.05, 0.1) is 21.9 Å². The molecule has 11 nitrogen and oxygen atoms in total. The second-order valence-corrected chi connectivity index (χ2v) is 11.4. The van der Waals surface area contributed by atoms with Crippen LogP contribution in [0.25, 0.3) is 0 Å². The average Bonchev–Trinajstić information content (AvgIpc) is 3.52. The highest BCUT2D eigenvalue weighted by molar-refractivity contribution is 6.42. The number of piperazine rings is 1. The molecule has 6 rings (SSSR count). The lowest BCUT2D eigenvalue weighted by Gasteiger charge is -2.27. The molecule has 1 unspecified atom stereocenters. The van der Waals surface area contributed by atoms with Gasteiger partial charge in [0, 0.05) is 50.9 Å². The number of halogens is 3. The highest BCUT2D eigenvalue weighted by Gasteiger charge is 2.35. The van der Waals surface area contributed by atoms with Crippen LogP contribution in [0.3, 0.4) is 0 Å². The van der Waals surface area contributed by atoms with E-state index in [1.54, 1.807) is 36.4 Å². The summed E-state index contributed by atoms with van der Waals surface area (Å²) in [6.45, 7) is 5.76. The van der Waals surface area contributed by atoms with Gasteiger partial charge in [0.15, 0.2) is 11.5 Å². The number of amides is 1. The molecule has 0 saturated carbocycles. The van der Waals surface area contributed by atoms with Crippen molar-refractivity contribution in [2.75, 3.05) is 44.8 Å². The number of carboxylic acid groups (broad SMARTS) is 1. The van der Waals surface area contributed by atoms with E-state index < -0.39 is 11.4 Å². The first-order chi connectivity index (χ1) is 21.7. The Balaban J connectivity index is 0.000000238. The van der Waals surface area contributed by atoms with Crippen LogP contribution in [0.1, 0.15) is 22.3 Å². The molecule has 1 saturated heterocycles. The number of nitrogens with two attached hydrogens (primary N) is 1. The number of nitrogens with zero attached hydrogens (tertiary/aromatic N) is 2. The van der Waals surface area contributed by atoms with Crippen LogP contribution in [0.4, 0.5) is 5.69 Å². The van der Waals surface area contributed by atoms with Gasteiger partial charge in [-0.2, -0.15) is 0 Å². The van der Waals surface area contributed by atoms with E-state index in [1.807, 2.05) is 6.07 Å². The molecule has 3 aromatic rings. The van der Waals surface area contributed by atoms with Crippen LogP contribution >= 0.6 is 35.6 Å². The standard InChI is InChI=1S/C20H17Cl2N3O4.C12H16N2O2.ClH/c21-15-3-1-12(9-16(15)22)18(26)25-13-2-4-17(24-10-13)29-14-5-7-20(11-23,8-6-14)19(27)28;1-2-11-12(16-9-15-11)7-10(1)8-14-5-3-13-4-6-14;/h1-7,9-10H,8,11,23H2,(H,25,26)(H,27,28);1-2,7,13H,3-6,8-9H2;1H. The van der Waals surface area contributed by atoms with E-state index in [9.17, 15) is 14.7 Å². The van der Waals surface area contributed by atoms with Gasteiger partial charge < -0.3 is 35.7 Å². The molecule has 0 spiro atoms. The summed E-state index contributed by atoms with van der Waals surface area (Å²) in [6.07, 6.45) is 6.41. The van der Waals surface area contributed by atoms with E-state index in [-0.39, 0.29) is 36.3 Å². The van der Waals surface area contributed by atoms with Crippen LogP contribution < -0.4 is 30.6 Å². The number of carboxylic acids is 1. The lowest BCUT2D eigenvalue weighted by molar-refractivity contribution is -0.145. The quantitative estimate of drug-likeness (QED) is 0.251. The number of aliphatic carboxylic acids is 1. The van der Waals surface area contributed by atoms with Gasteiger partial charge in [-0.25, -0.2) is 4.98 Å². The van der Waals surface area contributed by atoms with E-state index in [0.717, 1.165) is 44.2 Å². The fourth-order valence-electron chi connectivity index (χ4n) is 4.78. The predicted octanol–water partition coefficient (Wildman–Crippen LogP) is 5.14. The van der Waals surface area contributed by atoms with Crippen LogP contribution in [-0.2, 0) is 11.3 Å². The van der Waals surface area contributed by atoms with Crippen molar-refractivity contribution in [1.29, 1.82) is 0 Å². The van der Waals surface area contributed by atoms with Crippen molar-refractivity contribution in [1.82, 2.24) is 15.2 Å². The number of carbonyl (C=O) groups excluding carboxylic acids is 1. The largest absolute Gasteiger partial charge is 0.481 e. The Morgan fingerprint density at radius 2 is 1.85 bits per heavy atom. The number of ether oxygens (including phenoxy) is 3. The molecular weight excluding hydrogens is 657 g/mol. The van der Waals surface area contributed by atoms with Gasteiger partial charge in [0.25, 0.3) is 5.91 Å². The topological polar surface area (TPSA) is 148 Å². The number of hydrogen-bond acceptors (Lipinski definition) is 9. The summed E-state index contributed by atoms with van der Waals surface area (Å²) < 4.78 is 16.3. The van der Waals surface area contributed by atoms with Crippen LogP contribution in [0.2, 0.25) is 10.0 Å². The second-order valence-electron chi connectivity index (χ2n) is 10.6. The third kappa shape index (κ3) is 8.91. The number of anilines is 1. The maximum Gasteiger partial charge on any atom is 0.315 e. The van der Waals surface area contributed by atoms with E-state index in [1.165, 1.54) is 23.9 Å². The summed E-state index contributed by atoms with van der Waals surface area (Å²) in [6, 6.07) is 14.0. The number of nitrogens with one attached hydrogen (secondary N) is 2. The molecule has 1 amide bonds. The summed E-state index contributed by atoms with van der Waals surface area (Å²) >= 11 is 11.8. The smallest absolute Gasteiger partial charge is 0.315 e. The van der Waals surface area contributed by atoms with Crippen molar-refractivity contribution < 1.29 is 28.9 Å². The molecule has 0 radical (unpaired) electrons. The maximum absolute atomic E-state index is 12.3. The zero-order valence-electron chi connectivity index (χ0n) is 24.7. The molecule has 3 aliphatic rings. The molecule has 1 fully saturated rings. The molecule has 2 aromatic carbocycles. The fourth-order valence-corrected chi connectivity index (χ4v) is 5.07. The van der Waals surface area contributed by atoms with Gasteiger partial charge in [0.2, 0.25) is 12.7 Å². The van der Waals surface area contributed by atoms with Crippen molar-refractivity contribution in [2.24, 2.45) is 11.1 Å². The van der Waals surface area contributed by atoms with E-state index in [2.05, 4.69) is 32.7 Å². The molecule has 46 heavy (non-hydrogen) atoms. The zero-order valence-corrected chi connectivity index (χ0v) is 27.0. The van der Waals surface area contributed by atoms with E-state index in [0.29, 0.717) is 34.7 Å². The first-order valence-electron chi connectivity index (χ1n) is 14.3. The lowest BCUT2D eigenvalue weighted by Crippen LogP contribution is -2.42. The molecule has 5 N–H and O–H groups in total. The molecule has 0 bridgehead atoms. The van der Waals surface area contributed by atoms with Gasteiger partial charge in [0.1, 0.15) is 11.2 Å². The minimum Gasteiger partial charge on any atom is -0.481 e. The van der Waals surface area contributed by atoms with Gasteiger partial charge in [-0.1, -0.05) is 35.3 Å². The molecule has 1 aromatic heterocycles. The molecular formula is C32H34Cl3N5O6. The summed E-state index contributed by atoms with van der Waals surface area (Å²) in [5.41, 5.74) is 6.60. The van der Waals surface area contributed by atoms with Crippen LogP contribution in [0.15, 0.2) is 78.7 Å². The first kappa shape index (κ1) is 35.0. The maximum atomic E-state index is 12.3. The number of carbonyl (C=O) groups is 2. The zero-order chi connectivity index (χ0) is 31.8. The number of fused-ring (bicyclic) bond motifs is 1. The van der Waals surface area contributed by atoms with Crippen LogP contribution in [-0.4, -0.2) is 66.4 Å². The van der Waals surface area contributed by atoms with Crippen molar-refractivity contribution in [3.63, 3.8) is 0 Å². The Bertz CT molecular complexity index is 1600. The summed E-state index contributed by atoms with van der Waals surface area (Å²) in [4.78, 5) is 30.2. The second kappa shape index (κ2) is 16.1. The Labute approximate surface area is 282 Å². The van der Waals surface area contributed by atoms with Crippen molar-refractivity contribution in [3.05, 3.63) is 99.9 Å². The summed E-state index contributed by atoms with van der Waals surface area (Å²) in [7, 11) is 0. The van der Waals surface area contributed by atoms with Crippen LogP contribution in [0, 0.1) is 5.41 Å². The Hall–Kier alpha value is -3.84. The molecule has 244 valence electrons. The van der Waals surface area contributed by atoms with Gasteiger partial charge in [-0.3, -0.25) is 14.5 Å². The van der Waals surface area contributed by atoms with E-state index in [4.69, 9.17) is 43.1 Å². The van der Waals surface area contributed by atoms with Crippen molar-refractivity contribution in [2.45, 2.75) is 13.0 Å². The number of rotatable bonds is 8. The number of aromatic nitrogens is 1. The fraction of sp³-hybridized carbons (Fsp3) is 0.281. The van der Waals surface area contributed by atoms with Crippen molar-refractivity contribution >= 4 is 53.2 Å². The molecule has 1 atom stereocenters. The summed E-state index contributed by atoms with van der Waals surface area (Å²) in [5, 5.41) is 16.0. The summed E-state index contributed by atoms with van der Waals surface area (Å²) in [5.74, 6) is 1.17. The SMILES string of the molecule is Cl.NCC1(C(=O)O)C=CC(Oc2ccc(NC(=O)c3ccc(Cl)c(Cl)c3)cn2)=CC1.c1cc2c(cc1CN1CCNCC1)OCO2. The predicted molar refractivity (Wildman–Crippen MR) is 178 cm³/mol. The highest BCUT2D eigenvalue weighted by Crippen LogP contribution is 2.33. The molecule has 2 aliphatic heterocycles. The first-order valence-corrected chi connectivity index (χ1v) is 15.0.